The van der Waals surface area contributed by atoms with Gasteiger partial charge in [0.15, 0.2) is 0 Å². The van der Waals surface area contributed by atoms with Crippen LogP contribution in [-0.4, -0.2) is 49.8 Å². The number of amides is 1. The van der Waals surface area contributed by atoms with E-state index in [1.165, 1.54) is 4.31 Å². The second-order valence-electron chi connectivity index (χ2n) is 4.11. The molecule has 8 heteroatoms. The number of nitrogens with one attached hydrogen (secondary N) is 1. The minimum atomic E-state index is -3.36. The summed E-state index contributed by atoms with van der Waals surface area (Å²) >= 11 is 0. The molecule has 0 atom stereocenters. The molecule has 0 aliphatic carbocycles. The standard InChI is InChI=1S/C12H19N3O4S/c1-3-19-12(16)14-7-8-15(20(2,17)18)10-11-5-4-6-13-9-11/h4-6,9H,3,7-8,10H2,1-2H3,(H,14,16). The summed E-state index contributed by atoms with van der Waals surface area (Å²) < 4.78 is 29.4. The van der Waals surface area contributed by atoms with Crippen molar-refractivity contribution in [1.29, 1.82) is 0 Å². The zero-order valence-electron chi connectivity index (χ0n) is 11.6. The molecule has 1 rings (SSSR count). The van der Waals surface area contributed by atoms with Gasteiger partial charge < -0.3 is 10.1 Å². The number of alkyl carbamates (subject to hydrolysis) is 1. The number of hydrogen-bond acceptors (Lipinski definition) is 5. The Morgan fingerprint density at radius 3 is 2.80 bits per heavy atom. The molecular formula is C12H19N3O4S. The van der Waals surface area contributed by atoms with Gasteiger partial charge in [0.1, 0.15) is 0 Å². The Bertz CT molecular complexity index is 519. The van der Waals surface area contributed by atoms with Gasteiger partial charge in [-0.3, -0.25) is 4.98 Å². The van der Waals surface area contributed by atoms with Crippen LogP contribution in [0.4, 0.5) is 4.79 Å². The van der Waals surface area contributed by atoms with Gasteiger partial charge >= 0.3 is 6.09 Å². The number of pyridine rings is 1. The van der Waals surface area contributed by atoms with Gasteiger partial charge in [-0.05, 0) is 18.6 Å². The van der Waals surface area contributed by atoms with E-state index in [2.05, 4.69) is 10.3 Å². The quantitative estimate of drug-likeness (QED) is 0.796. The van der Waals surface area contributed by atoms with Crippen LogP contribution in [-0.2, 0) is 21.3 Å². The first kappa shape index (κ1) is 16.4. The van der Waals surface area contributed by atoms with E-state index in [0.29, 0.717) is 0 Å². The molecule has 0 spiro atoms. The van der Waals surface area contributed by atoms with Crippen LogP contribution in [0, 0.1) is 0 Å². The van der Waals surface area contributed by atoms with Gasteiger partial charge in [0, 0.05) is 32.0 Å². The van der Waals surface area contributed by atoms with Crippen LogP contribution >= 0.6 is 0 Å². The maximum Gasteiger partial charge on any atom is 0.407 e. The maximum atomic E-state index is 11.7. The van der Waals surface area contributed by atoms with E-state index in [4.69, 9.17) is 4.74 Å². The average Bonchev–Trinajstić information content (AvgIpc) is 2.38. The summed E-state index contributed by atoms with van der Waals surface area (Å²) in [6.07, 6.45) is 3.81. The Kier molecular flexibility index (Phi) is 6.40. The van der Waals surface area contributed by atoms with E-state index < -0.39 is 16.1 Å². The maximum absolute atomic E-state index is 11.7. The molecule has 1 aromatic rings. The molecule has 0 saturated carbocycles. The topological polar surface area (TPSA) is 88.6 Å². The normalized spacial score (nSPS) is 11.3. The molecule has 1 N–H and O–H groups in total. The van der Waals surface area contributed by atoms with Gasteiger partial charge in [0.25, 0.3) is 0 Å². The fraction of sp³-hybridized carbons (Fsp3) is 0.500. The number of nitrogens with zero attached hydrogens (tertiary/aromatic N) is 2. The highest BCUT2D eigenvalue weighted by molar-refractivity contribution is 7.88. The molecule has 1 amide bonds. The van der Waals surface area contributed by atoms with Crippen LogP contribution in [0.5, 0.6) is 0 Å². The lowest BCUT2D eigenvalue weighted by atomic mass is 10.3. The van der Waals surface area contributed by atoms with Crippen LogP contribution < -0.4 is 5.32 Å². The Balaban J connectivity index is 2.56. The van der Waals surface area contributed by atoms with E-state index in [9.17, 15) is 13.2 Å². The van der Waals surface area contributed by atoms with Crippen LogP contribution in [0.2, 0.25) is 0 Å². The zero-order valence-corrected chi connectivity index (χ0v) is 12.4. The summed E-state index contributed by atoms with van der Waals surface area (Å²) in [7, 11) is -3.36. The molecular weight excluding hydrogens is 282 g/mol. The monoisotopic (exact) mass is 301 g/mol. The summed E-state index contributed by atoms with van der Waals surface area (Å²) in [5.74, 6) is 0. The fourth-order valence-electron chi connectivity index (χ4n) is 1.52. The molecule has 0 aliphatic heterocycles. The Labute approximate surface area is 119 Å². The molecule has 0 radical (unpaired) electrons. The smallest absolute Gasteiger partial charge is 0.407 e. The van der Waals surface area contributed by atoms with Crippen LogP contribution in [0.25, 0.3) is 0 Å². The first-order valence-electron chi connectivity index (χ1n) is 6.18. The number of carbonyl (C=O) groups excluding carboxylic acids is 1. The summed E-state index contributed by atoms with van der Waals surface area (Å²) in [5, 5.41) is 2.49. The number of rotatable bonds is 7. The molecule has 0 fully saturated rings. The minimum Gasteiger partial charge on any atom is -0.450 e. The largest absolute Gasteiger partial charge is 0.450 e. The van der Waals surface area contributed by atoms with Gasteiger partial charge in [-0.1, -0.05) is 6.07 Å². The van der Waals surface area contributed by atoms with Gasteiger partial charge in [-0.25, -0.2) is 13.2 Å². The number of hydrogen-bond donors (Lipinski definition) is 1. The number of ether oxygens (including phenoxy) is 1. The summed E-state index contributed by atoms with van der Waals surface area (Å²) in [6.45, 7) is 2.55. The van der Waals surface area contributed by atoms with Crippen molar-refractivity contribution in [2.24, 2.45) is 0 Å². The molecule has 0 bridgehead atoms. The van der Waals surface area contributed by atoms with Crippen molar-refractivity contribution in [3.63, 3.8) is 0 Å². The van der Waals surface area contributed by atoms with Crippen molar-refractivity contribution >= 4 is 16.1 Å². The van der Waals surface area contributed by atoms with Gasteiger partial charge in [0.2, 0.25) is 10.0 Å². The number of sulfonamides is 1. The van der Waals surface area contributed by atoms with Crippen molar-refractivity contribution in [3.8, 4) is 0 Å². The lowest BCUT2D eigenvalue weighted by molar-refractivity contribution is 0.151. The number of carbonyl (C=O) groups is 1. The van der Waals surface area contributed by atoms with Crippen molar-refractivity contribution in [1.82, 2.24) is 14.6 Å². The predicted octanol–water partition coefficient (Wildman–Crippen LogP) is 0.589. The molecule has 1 heterocycles. The third kappa shape index (κ3) is 5.98. The second kappa shape index (κ2) is 7.81. The Hall–Kier alpha value is -1.67. The highest BCUT2D eigenvalue weighted by Gasteiger charge is 2.17. The van der Waals surface area contributed by atoms with Crippen LogP contribution in [0.3, 0.4) is 0 Å². The first-order valence-corrected chi connectivity index (χ1v) is 8.03. The lowest BCUT2D eigenvalue weighted by Crippen LogP contribution is -2.37. The summed E-state index contributed by atoms with van der Waals surface area (Å²) in [4.78, 5) is 15.1. The molecule has 1 aromatic heterocycles. The third-order valence-electron chi connectivity index (χ3n) is 2.46. The SMILES string of the molecule is CCOC(=O)NCCN(Cc1cccnc1)S(C)(=O)=O. The Morgan fingerprint density at radius 1 is 1.50 bits per heavy atom. The molecule has 20 heavy (non-hydrogen) atoms. The molecule has 0 unspecified atom stereocenters. The van der Waals surface area contributed by atoms with Gasteiger partial charge in [0.05, 0.1) is 12.9 Å². The van der Waals surface area contributed by atoms with Crippen LogP contribution in [0.15, 0.2) is 24.5 Å². The van der Waals surface area contributed by atoms with Crippen molar-refractivity contribution in [2.75, 3.05) is 26.0 Å². The molecule has 7 nitrogen and oxygen atoms in total. The van der Waals surface area contributed by atoms with Crippen LogP contribution in [0.1, 0.15) is 12.5 Å². The second-order valence-corrected chi connectivity index (χ2v) is 6.09. The van der Waals surface area contributed by atoms with E-state index >= 15 is 0 Å². The Morgan fingerprint density at radius 2 is 2.25 bits per heavy atom. The lowest BCUT2D eigenvalue weighted by Gasteiger charge is -2.19. The molecule has 0 saturated heterocycles. The third-order valence-corrected chi connectivity index (χ3v) is 3.71. The highest BCUT2D eigenvalue weighted by Crippen LogP contribution is 2.06. The van der Waals surface area contributed by atoms with Gasteiger partial charge in [-0.15, -0.1) is 0 Å². The fourth-order valence-corrected chi connectivity index (χ4v) is 2.33. The van der Waals surface area contributed by atoms with Crippen molar-refractivity contribution in [3.05, 3.63) is 30.1 Å². The summed E-state index contributed by atoms with van der Waals surface area (Å²) in [6, 6.07) is 3.54. The van der Waals surface area contributed by atoms with E-state index in [0.717, 1.165) is 11.8 Å². The zero-order chi connectivity index (χ0) is 15.0. The van der Waals surface area contributed by atoms with E-state index in [1.807, 2.05) is 0 Å². The molecule has 0 aromatic carbocycles. The van der Waals surface area contributed by atoms with Crippen molar-refractivity contribution in [2.45, 2.75) is 13.5 Å². The number of aromatic nitrogens is 1. The summed E-state index contributed by atoms with van der Waals surface area (Å²) in [5.41, 5.74) is 0.786. The van der Waals surface area contributed by atoms with Gasteiger partial charge in [-0.2, -0.15) is 4.31 Å². The predicted molar refractivity (Wildman–Crippen MR) is 74.5 cm³/mol. The minimum absolute atomic E-state index is 0.173. The van der Waals surface area contributed by atoms with Crippen molar-refractivity contribution < 1.29 is 17.9 Å². The average molecular weight is 301 g/mol. The van der Waals surface area contributed by atoms with E-state index in [-0.39, 0.29) is 26.2 Å². The van der Waals surface area contributed by atoms with E-state index in [1.54, 1.807) is 31.5 Å². The highest BCUT2D eigenvalue weighted by atomic mass is 32.2. The first-order chi connectivity index (χ1) is 9.43. The molecule has 112 valence electrons. The molecule has 0 aliphatic rings.